The molecule has 1 saturated heterocycles. The normalized spacial score (nSPS) is 20.6. The van der Waals surface area contributed by atoms with Crippen LogP contribution in [-0.2, 0) is 4.79 Å². The predicted octanol–water partition coefficient (Wildman–Crippen LogP) is 2.86. The topological polar surface area (TPSA) is 88.3 Å². The van der Waals surface area contributed by atoms with Crippen molar-refractivity contribution in [2.24, 2.45) is 11.3 Å². The third-order valence-corrected chi connectivity index (χ3v) is 5.95. The van der Waals surface area contributed by atoms with Crippen LogP contribution in [0.15, 0.2) is 24.3 Å². The molecule has 0 bridgehead atoms. The summed E-state index contributed by atoms with van der Waals surface area (Å²) in [4.78, 5) is 30.2. The highest BCUT2D eigenvalue weighted by Gasteiger charge is 2.59. The molecule has 1 aliphatic heterocycles. The largest absolute Gasteiger partial charge is 0.481 e. The van der Waals surface area contributed by atoms with Crippen LogP contribution in [0.5, 0.6) is 0 Å². The summed E-state index contributed by atoms with van der Waals surface area (Å²) < 4.78 is 15.6. The average molecular weight is 386 g/mol. The fraction of sp³-hybridized carbons (Fsp3) is 0.500. The molecule has 1 atom stereocenters. The van der Waals surface area contributed by atoms with E-state index >= 15 is 0 Å². The first-order chi connectivity index (χ1) is 13.3. The van der Waals surface area contributed by atoms with Gasteiger partial charge in [0.2, 0.25) is 5.82 Å². The average Bonchev–Trinajstić information content (AvgIpc) is 3.19. The number of nitrogens with zero attached hydrogens (tertiary/aromatic N) is 4. The Morgan fingerprint density at radius 2 is 1.93 bits per heavy atom. The standard InChI is InChI=1S/C20H23FN4O3/c1-12(2)17-22-16(23-25(17)15-6-4-3-5-14(15)21)18(26)24-9-7-20(8-10-24)11-13(20)19(27)28/h3-6,12-13H,7-11H2,1-2H3,(H,27,28). The molecule has 7 nitrogen and oxygen atoms in total. The van der Waals surface area contributed by atoms with Gasteiger partial charge in [0.15, 0.2) is 0 Å². The van der Waals surface area contributed by atoms with Crippen LogP contribution >= 0.6 is 0 Å². The molecule has 1 saturated carbocycles. The van der Waals surface area contributed by atoms with Crippen LogP contribution in [0.3, 0.4) is 0 Å². The molecular formula is C20H23FN4O3. The van der Waals surface area contributed by atoms with E-state index in [0.29, 0.717) is 38.2 Å². The van der Waals surface area contributed by atoms with Gasteiger partial charge in [0.1, 0.15) is 17.3 Å². The Kier molecular flexibility index (Phi) is 4.44. The minimum absolute atomic E-state index is 0.0407. The lowest BCUT2D eigenvalue weighted by molar-refractivity contribution is -0.139. The van der Waals surface area contributed by atoms with Gasteiger partial charge in [-0.25, -0.2) is 14.1 Å². The van der Waals surface area contributed by atoms with E-state index < -0.39 is 11.8 Å². The summed E-state index contributed by atoms with van der Waals surface area (Å²) in [6, 6.07) is 6.27. The van der Waals surface area contributed by atoms with Crippen molar-refractivity contribution in [2.45, 2.75) is 39.0 Å². The molecule has 28 heavy (non-hydrogen) atoms. The molecule has 1 amide bonds. The van der Waals surface area contributed by atoms with Gasteiger partial charge >= 0.3 is 5.97 Å². The van der Waals surface area contributed by atoms with Gasteiger partial charge in [-0.05, 0) is 36.8 Å². The van der Waals surface area contributed by atoms with E-state index in [-0.39, 0.29) is 34.7 Å². The minimum atomic E-state index is -0.744. The molecule has 2 fully saturated rings. The number of hydrogen-bond acceptors (Lipinski definition) is 4. The molecule has 1 spiro atoms. The van der Waals surface area contributed by atoms with Crippen molar-refractivity contribution < 1.29 is 19.1 Å². The summed E-state index contributed by atoms with van der Waals surface area (Å²) in [6.45, 7) is 4.82. The Morgan fingerprint density at radius 1 is 1.25 bits per heavy atom. The van der Waals surface area contributed by atoms with Crippen molar-refractivity contribution in [3.05, 3.63) is 41.7 Å². The zero-order chi connectivity index (χ0) is 20.1. The SMILES string of the molecule is CC(C)c1nc(C(=O)N2CCC3(CC2)CC3C(=O)O)nn1-c1ccccc1F. The van der Waals surface area contributed by atoms with Gasteiger partial charge in [0.05, 0.1) is 5.92 Å². The van der Waals surface area contributed by atoms with Crippen LogP contribution in [0, 0.1) is 17.2 Å². The molecule has 1 aliphatic carbocycles. The summed E-state index contributed by atoms with van der Waals surface area (Å²) >= 11 is 0. The van der Waals surface area contributed by atoms with Crippen LogP contribution < -0.4 is 0 Å². The lowest BCUT2D eigenvalue weighted by Gasteiger charge is -2.31. The van der Waals surface area contributed by atoms with Gasteiger partial charge in [0, 0.05) is 19.0 Å². The monoisotopic (exact) mass is 386 g/mol. The smallest absolute Gasteiger partial charge is 0.307 e. The number of hydrogen-bond donors (Lipinski definition) is 1. The van der Waals surface area contributed by atoms with Crippen LogP contribution in [0.4, 0.5) is 4.39 Å². The second kappa shape index (κ2) is 6.68. The number of halogens is 1. The third-order valence-electron chi connectivity index (χ3n) is 5.95. The maximum atomic E-state index is 14.2. The maximum absolute atomic E-state index is 14.2. The number of piperidine rings is 1. The Balaban J connectivity index is 1.55. The summed E-state index contributed by atoms with van der Waals surface area (Å²) in [6.07, 6.45) is 2.06. The van der Waals surface area contributed by atoms with Crippen LogP contribution in [0.1, 0.15) is 55.5 Å². The minimum Gasteiger partial charge on any atom is -0.481 e. The number of rotatable bonds is 4. The van der Waals surface area contributed by atoms with E-state index in [9.17, 15) is 19.1 Å². The first-order valence-corrected chi connectivity index (χ1v) is 9.56. The number of para-hydroxylation sites is 1. The number of carboxylic acids is 1. The molecule has 4 rings (SSSR count). The third kappa shape index (κ3) is 3.06. The van der Waals surface area contributed by atoms with Gasteiger partial charge < -0.3 is 10.0 Å². The van der Waals surface area contributed by atoms with E-state index in [1.54, 1.807) is 23.1 Å². The summed E-state index contributed by atoms with van der Waals surface area (Å²) in [5, 5.41) is 13.5. The summed E-state index contributed by atoms with van der Waals surface area (Å²) in [7, 11) is 0. The second-order valence-electron chi connectivity index (χ2n) is 8.06. The fourth-order valence-electron chi connectivity index (χ4n) is 4.14. The van der Waals surface area contributed by atoms with Crippen molar-refractivity contribution in [2.75, 3.05) is 13.1 Å². The van der Waals surface area contributed by atoms with E-state index in [2.05, 4.69) is 10.1 Å². The number of aliphatic carboxylic acids is 1. The maximum Gasteiger partial charge on any atom is 0.307 e. The van der Waals surface area contributed by atoms with E-state index in [4.69, 9.17) is 0 Å². The van der Waals surface area contributed by atoms with Gasteiger partial charge in [-0.15, -0.1) is 5.10 Å². The molecule has 148 valence electrons. The van der Waals surface area contributed by atoms with Gasteiger partial charge in [-0.1, -0.05) is 26.0 Å². The number of amides is 1. The quantitative estimate of drug-likeness (QED) is 0.873. The summed E-state index contributed by atoms with van der Waals surface area (Å²) in [5.41, 5.74) is 0.115. The van der Waals surface area contributed by atoms with Crippen molar-refractivity contribution in [1.29, 1.82) is 0 Å². The lowest BCUT2D eigenvalue weighted by atomic mass is 9.91. The molecule has 8 heteroatoms. The zero-order valence-corrected chi connectivity index (χ0v) is 15.9. The van der Waals surface area contributed by atoms with E-state index in [0.717, 1.165) is 0 Å². The van der Waals surface area contributed by atoms with Crippen molar-refractivity contribution in [3.63, 3.8) is 0 Å². The molecule has 0 radical (unpaired) electrons. The Morgan fingerprint density at radius 3 is 2.50 bits per heavy atom. The number of carbonyl (C=O) groups excluding carboxylic acids is 1. The number of carbonyl (C=O) groups is 2. The van der Waals surface area contributed by atoms with Crippen molar-refractivity contribution >= 4 is 11.9 Å². The lowest BCUT2D eigenvalue weighted by Crippen LogP contribution is -2.40. The highest BCUT2D eigenvalue weighted by Crippen LogP contribution is 2.59. The predicted molar refractivity (Wildman–Crippen MR) is 98.7 cm³/mol. The first-order valence-electron chi connectivity index (χ1n) is 9.56. The molecule has 2 aromatic rings. The Bertz CT molecular complexity index is 931. The highest BCUT2D eigenvalue weighted by atomic mass is 19.1. The van der Waals surface area contributed by atoms with Crippen LogP contribution in [0.25, 0.3) is 5.69 Å². The molecular weight excluding hydrogens is 363 g/mol. The number of carboxylic acid groups (broad SMARTS) is 1. The number of likely N-dealkylation sites (tertiary alicyclic amines) is 1. The molecule has 1 N–H and O–H groups in total. The van der Waals surface area contributed by atoms with E-state index in [1.807, 2.05) is 13.8 Å². The van der Waals surface area contributed by atoms with Crippen LogP contribution in [0.2, 0.25) is 0 Å². The van der Waals surface area contributed by atoms with Crippen LogP contribution in [-0.4, -0.2) is 49.7 Å². The van der Waals surface area contributed by atoms with Crippen molar-refractivity contribution in [1.82, 2.24) is 19.7 Å². The molecule has 2 aliphatic rings. The summed E-state index contributed by atoms with van der Waals surface area (Å²) in [5.74, 6) is -1.21. The fourth-order valence-corrected chi connectivity index (χ4v) is 4.14. The number of benzene rings is 1. The molecule has 1 aromatic heterocycles. The number of aromatic nitrogens is 3. The van der Waals surface area contributed by atoms with Gasteiger partial charge in [-0.3, -0.25) is 9.59 Å². The van der Waals surface area contributed by atoms with Gasteiger partial charge in [0.25, 0.3) is 5.91 Å². The zero-order valence-electron chi connectivity index (χ0n) is 15.9. The highest BCUT2D eigenvalue weighted by molar-refractivity contribution is 5.90. The first kappa shape index (κ1) is 18.6. The molecule has 1 aromatic carbocycles. The van der Waals surface area contributed by atoms with Gasteiger partial charge in [-0.2, -0.15) is 0 Å². The van der Waals surface area contributed by atoms with Crippen molar-refractivity contribution in [3.8, 4) is 5.69 Å². The molecule has 2 heterocycles. The second-order valence-corrected chi connectivity index (χ2v) is 8.06. The molecule has 1 unspecified atom stereocenters. The Hall–Kier alpha value is -2.77. The van der Waals surface area contributed by atoms with E-state index in [1.165, 1.54) is 10.7 Å². The Labute approximate surface area is 162 Å².